The Morgan fingerprint density at radius 3 is 1.06 bits per heavy atom. The summed E-state index contributed by atoms with van der Waals surface area (Å²) in [5.74, 6) is -5.85. The molecular weight excluding hydrogens is 808 g/mol. The van der Waals surface area contributed by atoms with Crippen molar-refractivity contribution in [2.24, 2.45) is 0 Å². The summed E-state index contributed by atoms with van der Waals surface area (Å²) in [7, 11) is 0. The monoisotopic (exact) mass is 844 g/mol. The van der Waals surface area contributed by atoms with Crippen LogP contribution in [0.15, 0.2) is 51.2 Å². The van der Waals surface area contributed by atoms with Crippen molar-refractivity contribution in [2.75, 3.05) is 59.1 Å². The van der Waals surface area contributed by atoms with Crippen molar-refractivity contribution in [3.8, 4) is 17.2 Å². The Morgan fingerprint density at radius 2 is 0.820 bits per heavy atom. The minimum atomic E-state index is -1.06. The molecule has 274 valence electrons. The number of hydrogen-bond acceptors (Lipinski definition) is 13. The van der Waals surface area contributed by atoms with Crippen LogP contribution in [0.2, 0.25) is 0 Å². The average molecular weight is 844 g/mol. The standard InChI is InChI=1S/C30H39N7O12.Gd/c38-16-13-35-7-1-19(41)25(44)22(35)28(47)31-4-10-34(11-5-32-29(48)23-26(45)20(42)2-8-36(23)14-17-39)12-6-33-30(49)24-27(46)21(43)3-9-37(24)15-18-40;/h1-3,7-9,38-40,44-46H,4-6,10-18H2,(H,31,47)(H,32,48)(H,33,49);/p-3. The van der Waals surface area contributed by atoms with E-state index in [4.69, 9.17) is 0 Å². The van der Waals surface area contributed by atoms with Gasteiger partial charge >= 0.3 is 0 Å². The molecule has 0 aromatic carbocycles. The predicted molar refractivity (Wildman–Crippen MR) is 165 cm³/mol. The molecule has 6 N–H and O–H groups in total. The van der Waals surface area contributed by atoms with E-state index in [1.54, 1.807) is 4.90 Å². The molecule has 0 radical (unpaired) electrons. The second-order valence-corrected chi connectivity index (χ2v) is 10.4. The molecule has 3 aromatic rings. The summed E-state index contributed by atoms with van der Waals surface area (Å²) in [6, 6.07) is 2.92. The minimum absolute atomic E-state index is 0. The molecule has 0 aliphatic heterocycles. The zero-order valence-corrected chi connectivity index (χ0v) is 28.9. The SMILES string of the molecule is O=C(NCCN(CCNC(=O)c1c([O-])c(=O)ccn1CCO)CCNC(=O)c1c([O-])c(=O)ccn1CCO)c1c([O-])c(=O)ccn1CCO.[Gd]. The molecule has 0 saturated heterocycles. The third-order valence-electron chi connectivity index (χ3n) is 7.20. The molecule has 20 heteroatoms. The summed E-state index contributed by atoms with van der Waals surface area (Å²) in [6.45, 7) is -1.79. The largest absolute Gasteiger partial charge is 0.868 e. The van der Waals surface area contributed by atoms with E-state index in [9.17, 15) is 59.4 Å². The number of aliphatic hydroxyl groups is 3. The van der Waals surface area contributed by atoms with Gasteiger partial charge in [0.15, 0.2) is 16.3 Å². The van der Waals surface area contributed by atoms with Crippen molar-refractivity contribution in [3.05, 3.63) is 84.5 Å². The summed E-state index contributed by atoms with van der Waals surface area (Å²) in [4.78, 5) is 75.9. The maximum Gasteiger partial charge on any atom is 0.267 e. The van der Waals surface area contributed by atoms with Crippen molar-refractivity contribution in [2.45, 2.75) is 19.6 Å². The van der Waals surface area contributed by atoms with E-state index in [2.05, 4.69) is 16.0 Å². The molecular formula is C30H36GdN7O12-3. The van der Waals surface area contributed by atoms with E-state index in [0.717, 1.165) is 31.9 Å². The first-order valence-corrected chi connectivity index (χ1v) is 15.1. The topological polar surface area (TPSA) is 286 Å². The maximum atomic E-state index is 12.9. The Balaban J connectivity index is 0.00000867. The van der Waals surface area contributed by atoms with Gasteiger partial charge in [0.05, 0.1) is 19.8 Å². The molecule has 0 aliphatic rings. The van der Waals surface area contributed by atoms with Gasteiger partial charge in [-0.3, -0.25) is 33.7 Å². The Labute approximate surface area is 316 Å². The molecule has 0 saturated carbocycles. The van der Waals surface area contributed by atoms with Crippen LogP contribution in [0.1, 0.15) is 31.5 Å². The number of aliphatic hydroxyl groups excluding tert-OH is 3. The van der Waals surface area contributed by atoms with E-state index in [1.807, 2.05) is 0 Å². The molecule has 3 amide bonds. The summed E-state index contributed by atoms with van der Waals surface area (Å²) in [5, 5.41) is 72.5. The fourth-order valence-electron chi connectivity index (χ4n) is 4.82. The molecule has 0 spiro atoms. The second kappa shape index (κ2) is 20.5. The van der Waals surface area contributed by atoms with Gasteiger partial charge < -0.3 is 60.3 Å². The first kappa shape index (κ1) is 42.0. The van der Waals surface area contributed by atoms with Crippen molar-refractivity contribution in [1.29, 1.82) is 0 Å². The maximum absolute atomic E-state index is 12.9. The number of hydrogen-bond donors (Lipinski definition) is 6. The normalized spacial score (nSPS) is 10.8. The van der Waals surface area contributed by atoms with Crippen LogP contribution in [-0.2, 0) is 19.6 Å². The van der Waals surface area contributed by atoms with Crippen molar-refractivity contribution in [1.82, 2.24) is 34.6 Å². The van der Waals surface area contributed by atoms with Crippen LogP contribution in [0.5, 0.6) is 17.2 Å². The fraction of sp³-hybridized carbons (Fsp3) is 0.400. The van der Waals surface area contributed by atoms with Gasteiger partial charge in [0.2, 0.25) is 0 Å². The van der Waals surface area contributed by atoms with Gasteiger partial charge in [-0.1, -0.05) is 0 Å². The number of carbonyl (C=O) groups excluding carboxylic acids is 3. The number of pyridine rings is 3. The molecule has 0 unspecified atom stereocenters. The number of nitrogens with one attached hydrogen (secondary N) is 3. The summed E-state index contributed by atoms with van der Waals surface area (Å²) in [6.07, 6.45) is 3.60. The Hall–Kier alpha value is -4.18. The molecule has 3 aromatic heterocycles. The molecule has 0 aliphatic carbocycles. The van der Waals surface area contributed by atoms with Crippen molar-refractivity contribution in [3.63, 3.8) is 0 Å². The quantitative estimate of drug-likeness (QED) is 0.0697. The number of rotatable bonds is 18. The minimum Gasteiger partial charge on any atom is -0.868 e. The second-order valence-electron chi connectivity index (χ2n) is 10.4. The van der Waals surface area contributed by atoms with E-state index >= 15 is 0 Å². The zero-order valence-electron chi connectivity index (χ0n) is 26.6. The summed E-state index contributed by atoms with van der Waals surface area (Å²) < 4.78 is 3.41. The zero-order chi connectivity index (χ0) is 36.1. The van der Waals surface area contributed by atoms with Crippen molar-refractivity contribution >= 4 is 17.7 Å². The molecule has 3 rings (SSSR count). The smallest absolute Gasteiger partial charge is 0.267 e. The predicted octanol–water partition coefficient (Wildman–Crippen LogP) is -5.74. The number of carbonyl (C=O) groups is 3. The van der Waals surface area contributed by atoms with E-state index in [0.29, 0.717) is 0 Å². The number of aromatic nitrogens is 3. The van der Waals surface area contributed by atoms with Crippen LogP contribution in [-0.4, -0.2) is 111 Å². The molecule has 0 bridgehead atoms. The third kappa shape index (κ3) is 10.9. The Bertz CT molecular complexity index is 1620. The molecule has 19 nitrogen and oxygen atoms in total. The van der Waals surface area contributed by atoms with Crippen LogP contribution in [0.4, 0.5) is 0 Å². The van der Waals surface area contributed by atoms with Gasteiger partial charge in [0.1, 0.15) is 17.1 Å². The molecule has 0 fully saturated rings. The van der Waals surface area contributed by atoms with Gasteiger partial charge in [-0.2, -0.15) is 0 Å². The average Bonchev–Trinajstić information content (AvgIpc) is 3.06. The van der Waals surface area contributed by atoms with Gasteiger partial charge in [-0.05, 0) is 17.2 Å². The van der Waals surface area contributed by atoms with E-state index < -0.39 is 88.2 Å². The van der Waals surface area contributed by atoms with Crippen LogP contribution >= 0.6 is 0 Å². The number of amides is 3. The van der Waals surface area contributed by atoms with Gasteiger partial charge in [-0.25, -0.2) is 0 Å². The third-order valence-corrected chi connectivity index (χ3v) is 7.20. The number of nitrogens with zero attached hydrogens (tertiary/aromatic N) is 4. The van der Waals surface area contributed by atoms with Gasteiger partial charge in [0, 0.05) is 136 Å². The first-order valence-electron chi connectivity index (χ1n) is 15.1. The molecule has 3 heterocycles. The molecule has 50 heavy (non-hydrogen) atoms. The van der Waals surface area contributed by atoms with E-state index in [1.165, 1.54) is 18.6 Å². The van der Waals surface area contributed by atoms with Crippen molar-refractivity contribution < 1.29 is 85.0 Å². The van der Waals surface area contributed by atoms with Crippen LogP contribution in [0, 0.1) is 39.9 Å². The first-order chi connectivity index (χ1) is 23.4. The summed E-state index contributed by atoms with van der Waals surface area (Å²) >= 11 is 0. The van der Waals surface area contributed by atoms with Crippen LogP contribution < -0.4 is 47.6 Å². The van der Waals surface area contributed by atoms with E-state index in [-0.39, 0.29) is 98.8 Å². The fourth-order valence-corrected chi connectivity index (χ4v) is 4.82. The van der Waals surface area contributed by atoms with Crippen LogP contribution in [0.3, 0.4) is 0 Å². The Kier molecular flexibility index (Phi) is 17.2. The summed E-state index contributed by atoms with van der Waals surface area (Å²) in [5.41, 5.74) is -4.20. The molecule has 0 atom stereocenters. The van der Waals surface area contributed by atoms with Gasteiger partial charge in [0.25, 0.3) is 17.7 Å². The van der Waals surface area contributed by atoms with Gasteiger partial charge in [-0.15, -0.1) is 0 Å². The Morgan fingerprint density at radius 1 is 0.560 bits per heavy atom. The van der Waals surface area contributed by atoms with Crippen LogP contribution in [0.25, 0.3) is 0 Å².